The van der Waals surface area contributed by atoms with Gasteiger partial charge in [0.2, 0.25) is 0 Å². The van der Waals surface area contributed by atoms with Crippen LogP contribution in [-0.2, 0) is 0 Å². The summed E-state index contributed by atoms with van der Waals surface area (Å²) in [5.41, 5.74) is 6.06. The minimum Gasteiger partial charge on any atom is -0.329 e. The second-order valence-corrected chi connectivity index (χ2v) is 8.57. The van der Waals surface area contributed by atoms with Crippen molar-refractivity contribution in [2.45, 2.75) is 24.9 Å². The Labute approximate surface area is 136 Å². The van der Waals surface area contributed by atoms with E-state index in [9.17, 15) is 0 Å². The summed E-state index contributed by atoms with van der Waals surface area (Å²) in [6.45, 7) is 2.96. The average molecular weight is 411 g/mol. The maximum absolute atomic E-state index is 6.06. The Morgan fingerprint density at radius 2 is 2.26 bits per heavy atom. The van der Waals surface area contributed by atoms with E-state index in [1.165, 1.54) is 17.7 Å². The van der Waals surface area contributed by atoms with Gasteiger partial charge in [0, 0.05) is 28.5 Å². The Bertz CT molecular complexity index is 403. The standard InChI is InChI=1S/C13H21Br2N3S/c1-17(2)8-9-4-3-5-18(9)11(7-16)12-6-10(14)13(15)19-12/h6,9,11H,3-5,7-8,16H2,1-2H3. The van der Waals surface area contributed by atoms with Crippen LogP contribution < -0.4 is 5.73 Å². The fourth-order valence-corrected chi connectivity index (χ4v) is 5.05. The van der Waals surface area contributed by atoms with Crippen LogP contribution in [0.3, 0.4) is 0 Å². The van der Waals surface area contributed by atoms with Crippen LogP contribution in [0.15, 0.2) is 14.3 Å². The molecule has 6 heteroatoms. The van der Waals surface area contributed by atoms with Crippen molar-refractivity contribution in [3.05, 3.63) is 19.2 Å². The van der Waals surface area contributed by atoms with E-state index in [1.54, 1.807) is 11.3 Å². The van der Waals surface area contributed by atoms with Crippen molar-refractivity contribution in [1.29, 1.82) is 0 Å². The first-order chi connectivity index (χ1) is 9.02. The number of nitrogens with two attached hydrogens (primary N) is 1. The third-order valence-corrected chi connectivity index (χ3v) is 6.97. The highest BCUT2D eigenvalue weighted by Gasteiger charge is 2.32. The Balaban J connectivity index is 2.16. The molecule has 2 unspecified atom stereocenters. The summed E-state index contributed by atoms with van der Waals surface area (Å²) in [7, 11) is 4.29. The van der Waals surface area contributed by atoms with Crippen molar-refractivity contribution in [1.82, 2.24) is 9.80 Å². The number of halogens is 2. The third kappa shape index (κ3) is 3.80. The molecular formula is C13H21Br2N3S. The van der Waals surface area contributed by atoms with Gasteiger partial charge in [0.25, 0.3) is 0 Å². The van der Waals surface area contributed by atoms with Crippen LogP contribution in [0, 0.1) is 0 Å². The Morgan fingerprint density at radius 1 is 1.53 bits per heavy atom. The van der Waals surface area contributed by atoms with Crippen molar-refractivity contribution in [2.24, 2.45) is 5.73 Å². The maximum Gasteiger partial charge on any atom is 0.0843 e. The molecule has 1 fully saturated rings. The van der Waals surface area contributed by atoms with E-state index in [4.69, 9.17) is 5.73 Å². The first kappa shape index (κ1) is 15.9. The van der Waals surface area contributed by atoms with Gasteiger partial charge in [0.1, 0.15) is 0 Å². The quantitative estimate of drug-likeness (QED) is 0.808. The highest BCUT2D eigenvalue weighted by Crippen LogP contribution is 2.39. The molecule has 1 aromatic heterocycles. The maximum atomic E-state index is 6.06. The molecule has 2 N–H and O–H groups in total. The van der Waals surface area contributed by atoms with Crippen LogP contribution in [0.25, 0.3) is 0 Å². The number of hydrogen-bond acceptors (Lipinski definition) is 4. The molecule has 0 bridgehead atoms. The molecule has 0 aromatic carbocycles. The molecule has 2 atom stereocenters. The molecule has 1 aliphatic rings. The van der Waals surface area contributed by atoms with Gasteiger partial charge in [-0.1, -0.05) is 0 Å². The molecule has 19 heavy (non-hydrogen) atoms. The Morgan fingerprint density at radius 3 is 2.79 bits per heavy atom. The van der Waals surface area contributed by atoms with Gasteiger partial charge in [-0.25, -0.2) is 0 Å². The van der Waals surface area contributed by atoms with Crippen LogP contribution in [-0.4, -0.2) is 49.6 Å². The van der Waals surface area contributed by atoms with Gasteiger partial charge in [-0.3, -0.25) is 4.90 Å². The van der Waals surface area contributed by atoms with E-state index in [1.807, 2.05) is 0 Å². The summed E-state index contributed by atoms with van der Waals surface area (Å²) in [4.78, 5) is 6.22. The van der Waals surface area contributed by atoms with Crippen LogP contribution >= 0.6 is 43.2 Å². The number of likely N-dealkylation sites (N-methyl/N-ethyl adjacent to an activating group) is 1. The molecule has 1 aliphatic heterocycles. The largest absolute Gasteiger partial charge is 0.329 e. The highest BCUT2D eigenvalue weighted by atomic mass is 79.9. The highest BCUT2D eigenvalue weighted by molar-refractivity contribution is 9.13. The normalized spacial score (nSPS) is 22.3. The lowest BCUT2D eigenvalue weighted by molar-refractivity contribution is 0.158. The molecule has 0 saturated carbocycles. The second-order valence-electron chi connectivity index (χ2n) is 5.32. The zero-order valence-corrected chi connectivity index (χ0v) is 15.4. The summed E-state index contributed by atoms with van der Waals surface area (Å²) < 4.78 is 2.29. The zero-order chi connectivity index (χ0) is 14.0. The van der Waals surface area contributed by atoms with Crippen molar-refractivity contribution in [3.8, 4) is 0 Å². The zero-order valence-electron chi connectivity index (χ0n) is 11.4. The molecule has 108 valence electrons. The molecule has 0 amide bonds. The van der Waals surface area contributed by atoms with Crippen molar-refractivity contribution in [2.75, 3.05) is 33.7 Å². The second kappa shape index (κ2) is 7.00. The lowest BCUT2D eigenvalue weighted by atomic mass is 10.1. The monoisotopic (exact) mass is 409 g/mol. The van der Waals surface area contributed by atoms with Crippen molar-refractivity contribution < 1.29 is 0 Å². The van der Waals surface area contributed by atoms with E-state index < -0.39 is 0 Å². The first-order valence-electron chi connectivity index (χ1n) is 6.58. The summed E-state index contributed by atoms with van der Waals surface area (Å²) in [5.74, 6) is 0. The van der Waals surface area contributed by atoms with Gasteiger partial charge in [-0.15, -0.1) is 11.3 Å². The van der Waals surface area contributed by atoms with E-state index in [0.29, 0.717) is 18.6 Å². The molecule has 0 radical (unpaired) electrons. The van der Waals surface area contributed by atoms with E-state index >= 15 is 0 Å². The molecule has 2 heterocycles. The SMILES string of the molecule is CN(C)CC1CCCN1C(CN)c1cc(Br)c(Br)s1. The van der Waals surface area contributed by atoms with Crippen LogP contribution in [0.5, 0.6) is 0 Å². The van der Waals surface area contributed by atoms with Gasteiger partial charge >= 0.3 is 0 Å². The minimum absolute atomic E-state index is 0.347. The number of nitrogens with zero attached hydrogens (tertiary/aromatic N) is 2. The van der Waals surface area contributed by atoms with Crippen LogP contribution in [0.1, 0.15) is 23.8 Å². The number of likely N-dealkylation sites (tertiary alicyclic amines) is 1. The van der Waals surface area contributed by atoms with Crippen LogP contribution in [0.2, 0.25) is 0 Å². The van der Waals surface area contributed by atoms with Gasteiger partial charge in [-0.2, -0.15) is 0 Å². The summed E-state index contributed by atoms with van der Waals surface area (Å²) >= 11 is 8.94. The van der Waals surface area contributed by atoms with Crippen molar-refractivity contribution >= 4 is 43.2 Å². The fraction of sp³-hybridized carbons (Fsp3) is 0.692. The molecule has 1 saturated heterocycles. The summed E-state index contributed by atoms with van der Waals surface area (Å²) in [6.07, 6.45) is 2.56. The van der Waals surface area contributed by atoms with Crippen LogP contribution in [0.4, 0.5) is 0 Å². The predicted octanol–water partition coefficient (Wildman–Crippen LogP) is 3.30. The predicted molar refractivity (Wildman–Crippen MR) is 89.8 cm³/mol. The Hall–Kier alpha value is 0.540. The van der Waals surface area contributed by atoms with Gasteiger partial charge in [0.15, 0.2) is 0 Å². The van der Waals surface area contributed by atoms with Gasteiger partial charge in [0.05, 0.1) is 9.83 Å². The van der Waals surface area contributed by atoms with Gasteiger partial charge < -0.3 is 10.6 Å². The summed E-state index contributed by atoms with van der Waals surface area (Å²) in [5, 5.41) is 0. The van der Waals surface area contributed by atoms with Gasteiger partial charge in [-0.05, 0) is 71.4 Å². The molecule has 0 aliphatic carbocycles. The molecule has 3 nitrogen and oxygen atoms in total. The molecular weight excluding hydrogens is 390 g/mol. The first-order valence-corrected chi connectivity index (χ1v) is 8.98. The average Bonchev–Trinajstić information content (AvgIpc) is 2.89. The number of rotatable bonds is 5. The molecule has 2 rings (SSSR count). The third-order valence-electron chi connectivity index (χ3n) is 3.61. The molecule has 0 spiro atoms. The number of hydrogen-bond donors (Lipinski definition) is 1. The van der Waals surface area contributed by atoms with E-state index in [-0.39, 0.29) is 0 Å². The summed E-state index contributed by atoms with van der Waals surface area (Å²) in [6, 6.07) is 3.18. The van der Waals surface area contributed by atoms with E-state index in [2.05, 4.69) is 61.8 Å². The van der Waals surface area contributed by atoms with Crippen molar-refractivity contribution in [3.63, 3.8) is 0 Å². The fourth-order valence-electron chi connectivity index (χ4n) is 2.83. The number of thiophene rings is 1. The van der Waals surface area contributed by atoms with E-state index in [0.717, 1.165) is 21.3 Å². The molecule has 1 aromatic rings. The minimum atomic E-state index is 0.347. The lowest BCUT2D eigenvalue weighted by Gasteiger charge is -2.33. The topological polar surface area (TPSA) is 32.5 Å². The lowest BCUT2D eigenvalue weighted by Crippen LogP contribution is -2.42. The smallest absolute Gasteiger partial charge is 0.0843 e. The Kier molecular flexibility index (Phi) is 5.87.